The van der Waals surface area contributed by atoms with Gasteiger partial charge in [-0.25, -0.2) is 0 Å². The molecule has 2 atom stereocenters. The average molecular weight is 429 g/mol. The monoisotopic (exact) mass is 428 g/mol. The van der Waals surface area contributed by atoms with Crippen molar-refractivity contribution in [2.75, 3.05) is 13.2 Å². The van der Waals surface area contributed by atoms with Crippen molar-refractivity contribution in [3.8, 4) is 0 Å². The second kappa shape index (κ2) is 14.3. The number of hydrogen-bond donors (Lipinski definition) is 0. The van der Waals surface area contributed by atoms with Crippen LogP contribution in [-0.2, 0) is 9.47 Å². The minimum absolute atomic E-state index is 0.368. The molecule has 3 aliphatic carbocycles. The van der Waals surface area contributed by atoms with E-state index >= 15 is 0 Å². The van der Waals surface area contributed by atoms with E-state index in [1.54, 1.807) is 0 Å². The molecule has 0 bridgehead atoms. The summed E-state index contributed by atoms with van der Waals surface area (Å²) in [5.41, 5.74) is 0. The molecule has 1 heterocycles. The SMILES string of the molecule is CCCCCCCC1COC(C2CCC(CCCCCC)CC2)CO1.c1cc2ccc1=2. The summed E-state index contributed by atoms with van der Waals surface area (Å²) in [6.07, 6.45) is 21.4. The molecule has 0 radical (unpaired) electrons. The largest absolute Gasteiger partial charge is 0.373 e. The highest BCUT2D eigenvalue weighted by Crippen LogP contribution is 2.35. The second-order valence-corrected chi connectivity index (χ2v) is 10.2. The Morgan fingerprint density at radius 1 is 0.645 bits per heavy atom. The molecule has 0 aromatic carbocycles. The van der Waals surface area contributed by atoms with Crippen molar-refractivity contribution in [1.82, 2.24) is 0 Å². The van der Waals surface area contributed by atoms with Crippen LogP contribution in [0, 0.1) is 22.3 Å². The van der Waals surface area contributed by atoms with Crippen molar-refractivity contribution in [2.24, 2.45) is 11.8 Å². The maximum atomic E-state index is 6.23. The van der Waals surface area contributed by atoms with Crippen molar-refractivity contribution >= 4 is 0 Å². The van der Waals surface area contributed by atoms with Crippen molar-refractivity contribution in [3.63, 3.8) is 0 Å². The van der Waals surface area contributed by atoms with Crippen LogP contribution >= 0.6 is 0 Å². The summed E-state index contributed by atoms with van der Waals surface area (Å²) in [7, 11) is 0. The van der Waals surface area contributed by atoms with Crippen LogP contribution in [0.15, 0.2) is 24.3 Å². The molecule has 31 heavy (non-hydrogen) atoms. The quantitative estimate of drug-likeness (QED) is 0.317. The number of unbranched alkanes of at least 4 members (excludes halogenated alkanes) is 7. The van der Waals surface area contributed by atoms with Gasteiger partial charge in [0.2, 0.25) is 0 Å². The maximum Gasteiger partial charge on any atom is 0.0838 e. The van der Waals surface area contributed by atoms with Gasteiger partial charge in [0.25, 0.3) is 0 Å². The Morgan fingerprint density at radius 2 is 1.23 bits per heavy atom. The fourth-order valence-electron chi connectivity index (χ4n) is 5.34. The van der Waals surface area contributed by atoms with Crippen LogP contribution in [0.3, 0.4) is 0 Å². The lowest BCUT2D eigenvalue weighted by molar-refractivity contribution is -0.157. The van der Waals surface area contributed by atoms with Crippen LogP contribution in [0.25, 0.3) is 0 Å². The zero-order valence-electron chi connectivity index (χ0n) is 20.5. The number of benzene rings is 1. The highest BCUT2D eigenvalue weighted by atomic mass is 16.6. The third kappa shape index (κ3) is 8.54. The highest BCUT2D eigenvalue weighted by molar-refractivity contribution is 5.22. The molecule has 2 nitrogen and oxygen atoms in total. The Balaban J connectivity index is 0.000000381. The number of ether oxygens (including phenoxy) is 2. The maximum absolute atomic E-state index is 6.23. The summed E-state index contributed by atoms with van der Waals surface area (Å²) in [6, 6.07) is 8.48. The lowest BCUT2D eigenvalue weighted by Gasteiger charge is -2.38. The fourth-order valence-corrected chi connectivity index (χ4v) is 5.34. The Morgan fingerprint density at radius 3 is 1.74 bits per heavy atom. The van der Waals surface area contributed by atoms with E-state index in [4.69, 9.17) is 9.47 Å². The van der Waals surface area contributed by atoms with E-state index in [-0.39, 0.29) is 0 Å². The Hall–Kier alpha value is -0.860. The van der Waals surface area contributed by atoms with Gasteiger partial charge in [-0.1, -0.05) is 115 Å². The molecule has 1 saturated carbocycles. The van der Waals surface area contributed by atoms with E-state index in [2.05, 4.69) is 38.1 Å². The molecule has 176 valence electrons. The van der Waals surface area contributed by atoms with Crippen molar-refractivity contribution < 1.29 is 9.47 Å². The molecule has 0 aromatic rings. The van der Waals surface area contributed by atoms with Crippen LogP contribution in [-0.4, -0.2) is 25.4 Å². The number of hydrogen-bond acceptors (Lipinski definition) is 2. The first-order valence-electron chi connectivity index (χ1n) is 13.6. The smallest absolute Gasteiger partial charge is 0.0838 e. The van der Waals surface area contributed by atoms with Gasteiger partial charge >= 0.3 is 0 Å². The van der Waals surface area contributed by atoms with Crippen LogP contribution in [0.5, 0.6) is 0 Å². The normalized spacial score (nSPS) is 26.8. The molecule has 4 aliphatic rings. The Bertz CT molecular complexity index is 618. The Kier molecular flexibility index (Phi) is 11.4. The van der Waals surface area contributed by atoms with Crippen LogP contribution < -0.4 is 0 Å². The van der Waals surface area contributed by atoms with E-state index < -0.39 is 0 Å². The first-order valence-corrected chi connectivity index (χ1v) is 13.6. The standard InChI is InChI=1S/C23H44O2.C6H4/c1-3-5-7-9-11-13-22-18-25-23(19-24-22)21-16-14-20(15-17-21)12-10-8-6-4-2;1-2-6-4-3-5(1)6/h20-23H,3-19H2,1-2H3;1-4H. The van der Waals surface area contributed by atoms with Gasteiger partial charge in [-0.3, -0.25) is 0 Å². The zero-order valence-corrected chi connectivity index (χ0v) is 20.5. The first-order chi connectivity index (χ1) is 15.3. The van der Waals surface area contributed by atoms with Gasteiger partial charge in [0.05, 0.1) is 25.4 Å². The van der Waals surface area contributed by atoms with Crippen LogP contribution in [0.4, 0.5) is 0 Å². The summed E-state index contributed by atoms with van der Waals surface area (Å²) in [5.74, 6) is 1.76. The van der Waals surface area contributed by atoms with E-state index in [1.807, 2.05) is 0 Å². The third-order valence-electron chi connectivity index (χ3n) is 7.72. The molecule has 0 N–H and O–H groups in total. The van der Waals surface area contributed by atoms with Crippen molar-refractivity contribution in [2.45, 2.75) is 122 Å². The molecule has 2 unspecified atom stereocenters. The van der Waals surface area contributed by atoms with E-state index in [0.29, 0.717) is 12.2 Å². The summed E-state index contributed by atoms with van der Waals surface area (Å²) < 4.78 is 12.4. The second-order valence-electron chi connectivity index (χ2n) is 10.2. The third-order valence-corrected chi connectivity index (χ3v) is 7.72. The Labute approximate surface area is 191 Å². The van der Waals surface area contributed by atoms with Gasteiger partial charge < -0.3 is 9.47 Å². The minimum atomic E-state index is 0.368. The summed E-state index contributed by atoms with van der Waals surface area (Å²) >= 11 is 0. The molecule has 1 saturated heterocycles. The molecule has 0 spiro atoms. The summed E-state index contributed by atoms with van der Waals surface area (Å²) in [4.78, 5) is 0. The highest BCUT2D eigenvalue weighted by Gasteiger charge is 2.31. The van der Waals surface area contributed by atoms with Gasteiger partial charge in [-0.15, -0.1) is 0 Å². The molecule has 1 aliphatic heterocycles. The molecule has 0 aromatic heterocycles. The molecular weight excluding hydrogens is 380 g/mol. The van der Waals surface area contributed by atoms with Gasteiger partial charge in [0.15, 0.2) is 0 Å². The summed E-state index contributed by atoms with van der Waals surface area (Å²) in [6.45, 7) is 6.27. The number of rotatable bonds is 12. The van der Waals surface area contributed by atoms with Gasteiger partial charge in [-0.2, -0.15) is 0 Å². The fraction of sp³-hybridized carbons (Fsp3) is 0.793. The molecule has 0 amide bonds. The molecular formula is C29H48O2. The lowest BCUT2D eigenvalue weighted by Crippen LogP contribution is -2.41. The van der Waals surface area contributed by atoms with Gasteiger partial charge in [0, 0.05) is 0 Å². The first kappa shape index (κ1) is 24.8. The predicted molar refractivity (Wildman–Crippen MR) is 131 cm³/mol. The topological polar surface area (TPSA) is 18.5 Å². The van der Waals surface area contributed by atoms with E-state index in [9.17, 15) is 0 Å². The minimum Gasteiger partial charge on any atom is -0.373 e. The average Bonchev–Trinajstić information content (AvgIpc) is 2.80. The predicted octanol–water partition coefficient (Wildman–Crippen LogP) is 8.19. The molecule has 4 rings (SSSR count). The zero-order chi connectivity index (χ0) is 21.7. The van der Waals surface area contributed by atoms with Crippen LogP contribution in [0.1, 0.15) is 110 Å². The van der Waals surface area contributed by atoms with E-state index in [0.717, 1.165) is 25.0 Å². The molecule has 2 heteroatoms. The lowest BCUT2D eigenvalue weighted by atomic mass is 9.77. The van der Waals surface area contributed by atoms with Crippen LogP contribution in [0.2, 0.25) is 0 Å². The van der Waals surface area contributed by atoms with Crippen molar-refractivity contribution in [3.05, 3.63) is 34.7 Å². The van der Waals surface area contributed by atoms with Gasteiger partial charge in [-0.05, 0) is 41.5 Å². The van der Waals surface area contributed by atoms with E-state index in [1.165, 1.54) is 107 Å². The van der Waals surface area contributed by atoms with Crippen molar-refractivity contribution in [1.29, 1.82) is 0 Å². The van der Waals surface area contributed by atoms with Gasteiger partial charge in [0.1, 0.15) is 0 Å². The summed E-state index contributed by atoms with van der Waals surface area (Å²) in [5, 5.41) is 2.85. The molecule has 2 fully saturated rings.